The predicted octanol–water partition coefficient (Wildman–Crippen LogP) is 7.63. The summed E-state index contributed by atoms with van der Waals surface area (Å²) in [6, 6.07) is 23.6. The molecule has 4 aromatic heterocycles. The summed E-state index contributed by atoms with van der Waals surface area (Å²) in [6.45, 7) is 5.15. The summed E-state index contributed by atoms with van der Waals surface area (Å²) >= 11 is 5.99. The van der Waals surface area contributed by atoms with Gasteiger partial charge < -0.3 is 35.8 Å². The highest BCUT2D eigenvalue weighted by Gasteiger charge is 2.36. The normalized spacial score (nSPS) is 18.9. The van der Waals surface area contributed by atoms with Crippen LogP contribution in [0.25, 0.3) is 20.9 Å². The van der Waals surface area contributed by atoms with E-state index in [1.54, 1.807) is 34.8 Å². The van der Waals surface area contributed by atoms with Crippen molar-refractivity contribution in [1.82, 2.24) is 30.4 Å². The number of thiazole rings is 2. The predicted molar refractivity (Wildman–Crippen MR) is 249 cm³/mol. The van der Waals surface area contributed by atoms with Gasteiger partial charge in [-0.3, -0.25) is 19.2 Å². The van der Waals surface area contributed by atoms with Crippen LogP contribution in [0, 0.1) is 0 Å². The fourth-order valence-electron chi connectivity index (χ4n) is 8.32. The number of nitrogens with zero attached hydrogens (tertiary/aromatic N) is 4. The lowest BCUT2D eigenvalue weighted by molar-refractivity contribution is -0.118. The highest BCUT2D eigenvalue weighted by Crippen LogP contribution is 2.38. The van der Waals surface area contributed by atoms with Gasteiger partial charge in [-0.15, -0.1) is 45.3 Å². The average Bonchev–Trinajstić information content (AvgIpc) is 4.12. The standard InChI is InChI=1S/C46H46N8O5S4/c55-41(33-9-3-15-47-33)51-39-13-11-35(60-39)45(57)53-21-31(22-53)43-49-19-37(62-43)29-7-1-5-27(17-29)25-59-26-28-6-2-8-30(18-28)38-20-50-44(63-38)32-23-54(24-32)46(58)36-12-14-40(61-36)52-42(56)34-10-4-16-48-34/h1-2,5-8,11-14,17-20,31-34,47-48H,3-4,9-10,15-16,21-26H2,(H,51,55)(H,52,56)/t33-,34-/m0/s1. The molecule has 0 aliphatic carbocycles. The number of nitrogens with one attached hydrogen (secondary N) is 4. The first-order chi connectivity index (χ1) is 30.8. The van der Waals surface area contributed by atoms with Crippen LogP contribution < -0.4 is 21.3 Å². The highest BCUT2D eigenvalue weighted by atomic mass is 32.1. The molecule has 4 aliphatic rings. The second-order valence-corrected chi connectivity index (χ2v) is 20.7. The Morgan fingerprint density at radius 3 is 1.51 bits per heavy atom. The molecule has 4 aliphatic heterocycles. The van der Waals surface area contributed by atoms with Gasteiger partial charge >= 0.3 is 0 Å². The van der Waals surface area contributed by atoms with Gasteiger partial charge in [-0.1, -0.05) is 36.4 Å². The Labute approximate surface area is 380 Å². The summed E-state index contributed by atoms with van der Waals surface area (Å²) in [5.74, 6) is 0.298. The fourth-order valence-corrected chi connectivity index (χ4v) is 12.1. The first kappa shape index (κ1) is 41.8. The molecule has 8 heterocycles. The van der Waals surface area contributed by atoms with Crippen LogP contribution in [0.2, 0.25) is 0 Å². The number of likely N-dealkylation sites (tertiary alicyclic amines) is 2. The lowest BCUT2D eigenvalue weighted by Crippen LogP contribution is -2.48. The Kier molecular flexibility index (Phi) is 12.3. The molecule has 0 unspecified atom stereocenters. The number of amides is 4. The largest absolute Gasteiger partial charge is 0.372 e. The van der Waals surface area contributed by atoms with Crippen LogP contribution in [-0.2, 0) is 27.5 Å². The summed E-state index contributed by atoms with van der Waals surface area (Å²) in [7, 11) is 0. The SMILES string of the molecule is O=C(Nc1ccc(C(=O)N2CC(c3ncc(-c4cccc(COCc5cccc(-c6cnc(C7CN(C(=O)c8ccc(NC(=O)[C@@H]9CCCN9)s8)C7)s6)c5)c4)s3)C2)s1)[C@@H]1CCCN1. The first-order valence-corrected chi connectivity index (χ1v) is 24.6. The Bertz CT molecular complexity index is 2450. The lowest BCUT2D eigenvalue weighted by atomic mass is 10.0. The second-order valence-electron chi connectivity index (χ2n) is 16.4. The van der Waals surface area contributed by atoms with Gasteiger partial charge in [0, 0.05) is 50.4 Å². The van der Waals surface area contributed by atoms with E-state index in [9.17, 15) is 19.2 Å². The Morgan fingerprint density at radius 2 is 1.08 bits per heavy atom. The molecule has 0 bridgehead atoms. The number of aromatic nitrogens is 2. The molecule has 4 saturated heterocycles. The number of thiophene rings is 2. The highest BCUT2D eigenvalue weighted by molar-refractivity contribution is 7.18. The van der Waals surface area contributed by atoms with Crippen molar-refractivity contribution in [2.45, 2.75) is 62.8 Å². The van der Waals surface area contributed by atoms with Crippen molar-refractivity contribution < 1.29 is 23.9 Å². The monoisotopic (exact) mass is 918 g/mol. The minimum atomic E-state index is -0.161. The van der Waals surface area contributed by atoms with Crippen molar-refractivity contribution in [3.05, 3.63) is 116 Å². The van der Waals surface area contributed by atoms with E-state index in [2.05, 4.69) is 57.7 Å². The fraction of sp³-hybridized carbons (Fsp3) is 0.348. The smallest absolute Gasteiger partial charge is 0.264 e. The maximum atomic E-state index is 13.2. The zero-order valence-electron chi connectivity index (χ0n) is 34.3. The van der Waals surface area contributed by atoms with Crippen molar-refractivity contribution >= 4 is 79.0 Å². The van der Waals surface area contributed by atoms with E-state index in [0.29, 0.717) is 59.1 Å². The van der Waals surface area contributed by atoms with E-state index >= 15 is 0 Å². The molecule has 63 heavy (non-hydrogen) atoms. The Balaban J connectivity index is 0.673. The van der Waals surface area contributed by atoms with Crippen LogP contribution in [0.15, 0.2) is 85.2 Å². The molecule has 10 rings (SSSR count). The van der Waals surface area contributed by atoms with Gasteiger partial charge in [-0.2, -0.15) is 0 Å². The molecule has 0 spiro atoms. The average molecular weight is 919 g/mol. The second kappa shape index (κ2) is 18.5. The molecule has 0 saturated carbocycles. The number of hydrogen-bond acceptors (Lipinski definition) is 13. The Morgan fingerprint density at radius 1 is 0.619 bits per heavy atom. The maximum Gasteiger partial charge on any atom is 0.264 e. The number of benzene rings is 2. The van der Waals surface area contributed by atoms with Gasteiger partial charge in [0.2, 0.25) is 11.8 Å². The molecule has 2 aromatic carbocycles. The molecule has 6 aromatic rings. The maximum absolute atomic E-state index is 13.2. The van der Waals surface area contributed by atoms with E-state index in [0.717, 1.165) is 80.8 Å². The van der Waals surface area contributed by atoms with Crippen LogP contribution in [0.4, 0.5) is 10.0 Å². The van der Waals surface area contributed by atoms with Crippen molar-refractivity contribution in [2.24, 2.45) is 0 Å². The van der Waals surface area contributed by atoms with Gasteiger partial charge in [-0.25, -0.2) is 9.97 Å². The molecule has 17 heteroatoms. The van der Waals surface area contributed by atoms with Gasteiger partial charge in [-0.05, 0) is 97.4 Å². The molecule has 324 valence electrons. The van der Waals surface area contributed by atoms with E-state index in [-0.39, 0.29) is 47.5 Å². The minimum Gasteiger partial charge on any atom is -0.372 e. The number of hydrogen-bond donors (Lipinski definition) is 4. The number of carbonyl (C=O) groups excluding carboxylic acids is 4. The third-order valence-corrected chi connectivity index (χ3v) is 16.3. The molecule has 4 N–H and O–H groups in total. The zero-order valence-corrected chi connectivity index (χ0v) is 37.6. The lowest BCUT2D eigenvalue weighted by Gasteiger charge is -2.37. The first-order valence-electron chi connectivity index (χ1n) is 21.3. The van der Waals surface area contributed by atoms with Gasteiger partial charge in [0.25, 0.3) is 11.8 Å². The van der Waals surface area contributed by atoms with E-state index < -0.39 is 0 Å². The van der Waals surface area contributed by atoms with Gasteiger partial charge in [0.05, 0.1) is 64.8 Å². The summed E-state index contributed by atoms with van der Waals surface area (Å²) in [5, 5.41) is 15.8. The number of carbonyl (C=O) groups is 4. The van der Waals surface area contributed by atoms with Crippen LogP contribution in [-0.4, -0.2) is 94.7 Å². The number of ether oxygens (including phenoxy) is 1. The van der Waals surface area contributed by atoms with Crippen LogP contribution in [0.3, 0.4) is 0 Å². The summed E-state index contributed by atoms with van der Waals surface area (Å²) in [4.78, 5) is 67.9. The summed E-state index contributed by atoms with van der Waals surface area (Å²) in [5.41, 5.74) is 4.34. The van der Waals surface area contributed by atoms with Crippen molar-refractivity contribution in [2.75, 3.05) is 49.9 Å². The van der Waals surface area contributed by atoms with E-state index in [4.69, 9.17) is 14.7 Å². The third-order valence-electron chi connectivity index (χ3n) is 11.9. The van der Waals surface area contributed by atoms with Crippen LogP contribution in [0.1, 0.15) is 78.0 Å². The molecule has 2 atom stereocenters. The van der Waals surface area contributed by atoms with Crippen LogP contribution in [0.5, 0.6) is 0 Å². The molecule has 0 radical (unpaired) electrons. The van der Waals surface area contributed by atoms with E-state index in [1.165, 1.54) is 22.7 Å². The molecular weight excluding hydrogens is 873 g/mol. The molecule has 4 amide bonds. The van der Waals surface area contributed by atoms with Crippen molar-refractivity contribution in [3.63, 3.8) is 0 Å². The number of anilines is 2. The van der Waals surface area contributed by atoms with Crippen molar-refractivity contribution in [1.29, 1.82) is 0 Å². The Hall–Kier alpha value is -5.14. The van der Waals surface area contributed by atoms with Gasteiger partial charge in [0.1, 0.15) is 0 Å². The van der Waals surface area contributed by atoms with E-state index in [1.807, 2.05) is 46.5 Å². The molecule has 4 fully saturated rings. The molecular formula is C46H46N8O5S4. The van der Waals surface area contributed by atoms with Crippen molar-refractivity contribution in [3.8, 4) is 20.9 Å². The van der Waals surface area contributed by atoms with Crippen LogP contribution >= 0.6 is 45.3 Å². The third kappa shape index (κ3) is 9.41. The quantitative estimate of drug-likeness (QED) is 0.0863. The zero-order chi connectivity index (χ0) is 42.9. The molecule has 13 nitrogen and oxygen atoms in total. The topological polar surface area (TPSA) is 158 Å². The van der Waals surface area contributed by atoms with Gasteiger partial charge in [0.15, 0.2) is 0 Å². The summed E-state index contributed by atoms with van der Waals surface area (Å²) in [6.07, 6.45) is 7.51. The number of rotatable bonds is 14. The minimum absolute atomic E-state index is 0.0111. The summed E-state index contributed by atoms with van der Waals surface area (Å²) < 4.78 is 6.21.